The predicted molar refractivity (Wildman–Crippen MR) is 82.1 cm³/mol. The summed E-state index contributed by atoms with van der Waals surface area (Å²) in [5.74, 6) is 0.763. The Morgan fingerprint density at radius 3 is 3.14 bits per heavy atom. The second kappa shape index (κ2) is 5.85. The van der Waals surface area contributed by atoms with Crippen molar-refractivity contribution >= 4 is 0 Å². The number of aromatic nitrogens is 3. The smallest absolute Gasteiger partial charge is 0.137 e. The van der Waals surface area contributed by atoms with Crippen molar-refractivity contribution in [3.8, 4) is 0 Å². The average molecular weight is 301 g/mol. The van der Waals surface area contributed by atoms with Crippen LogP contribution in [0.4, 0.5) is 0 Å². The van der Waals surface area contributed by atoms with Gasteiger partial charge in [-0.2, -0.15) is 5.10 Å². The van der Waals surface area contributed by atoms with Gasteiger partial charge in [-0.3, -0.25) is 14.5 Å². The lowest BCUT2D eigenvalue weighted by Crippen LogP contribution is -2.45. The van der Waals surface area contributed by atoms with Gasteiger partial charge >= 0.3 is 0 Å². The lowest BCUT2D eigenvalue weighted by molar-refractivity contribution is 0.109. The monoisotopic (exact) mass is 301 g/mol. The summed E-state index contributed by atoms with van der Waals surface area (Å²) in [4.78, 5) is 9.19. The van der Waals surface area contributed by atoms with E-state index in [4.69, 9.17) is 4.42 Å². The van der Waals surface area contributed by atoms with E-state index in [1.807, 2.05) is 17.3 Å². The third-order valence-corrected chi connectivity index (χ3v) is 5.30. The summed E-state index contributed by atoms with van der Waals surface area (Å²) in [7, 11) is 2.28. The third-order valence-electron chi connectivity index (χ3n) is 5.30. The number of piperidine rings is 1. The second-order valence-electron chi connectivity index (χ2n) is 6.66. The SMILES string of the molecule is CN1[C@@H](Cn2cncn2)C[C@H]2CN(Cc3ccoc3)CC[C@H]21. The van der Waals surface area contributed by atoms with Crippen LogP contribution in [-0.4, -0.2) is 56.8 Å². The molecule has 0 radical (unpaired) electrons. The first-order valence-corrected chi connectivity index (χ1v) is 8.07. The van der Waals surface area contributed by atoms with Crippen molar-refractivity contribution in [3.05, 3.63) is 36.8 Å². The summed E-state index contributed by atoms with van der Waals surface area (Å²) < 4.78 is 7.15. The van der Waals surface area contributed by atoms with Gasteiger partial charge in [-0.25, -0.2) is 4.98 Å². The van der Waals surface area contributed by atoms with Crippen LogP contribution in [0.3, 0.4) is 0 Å². The van der Waals surface area contributed by atoms with Gasteiger partial charge in [0.05, 0.1) is 19.1 Å². The van der Waals surface area contributed by atoms with Gasteiger partial charge in [-0.1, -0.05) is 0 Å². The average Bonchev–Trinajstić information content (AvgIpc) is 3.24. The fraction of sp³-hybridized carbons (Fsp3) is 0.625. The fourth-order valence-electron chi connectivity index (χ4n) is 4.18. The number of fused-ring (bicyclic) bond motifs is 1. The van der Waals surface area contributed by atoms with Crippen LogP contribution in [0, 0.1) is 5.92 Å². The molecule has 0 aliphatic carbocycles. The van der Waals surface area contributed by atoms with E-state index in [1.165, 1.54) is 31.5 Å². The van der Waals surface area contributed by atoms with Gasteiger partial charge < -0.3 is 4.42 Å². The van der Waals surface area contributed by atoms with Crippen LogP contribution >= 0.6 is 0 Å². The number of hydrogen-bond donors (Lipinski definition) is 0. The summed E-state index contributed by atoms with van der Waals surface area (Å²) in [6.07, 6.45) is 9.57. The van der Waals surface area contributed by atoms with Crippen molar-refractivity contribution < 1.29 is 4.42 Å². The van der Waals surface area contributed by atoms with Gasteiger partial charge in [-0.05, 0) is 38.4 Å². The number of hydrogen-bond acceptors (Lipinski definition) is 5. The Labute approximate surface area is 130 Å². The maximum Gasteiger partial charge on any atom is 0.137 e. The van der Waals surface area contributed by atoms with E-state index in [0.29, 0.717) is 12.1 Å². The van der Waals surface area contributed by atoms with Gasteiger partial charge in [0.15, 0.2) is 0 Å². The highest BCUT2D eigenvalue weighted by Crippen LogP contribution is 2.35. The molecule has 22 heavy (non-hydrogen) atoms. The minimum Gasteiger partial charge on any atom is -0.472 e. The first-order valence-electron chi connectivity index (χ1n) is 8.07. The molecule has 6 heteroatoms. The molecule has 6 nitrogen and oxygen atoms in total. The maximum absolute atomic E-state index is 5.19. The van der Waals surface area contributed by atoms with Gasteiger partial charge in [0.1, 0.15) is 12.7 Å². The molecule has 2 aliphatic rings. The van der Waals surface area contributed by atoms with E-state index in [-0.39, 0.29) is 0 Å². The zero-order valence-electron chi connectivity index (χ0n) is 13.0. The van der Waals surface area contributed by atoms with Crippen LogP contribution < -0.4 is 0 Å². The summed E-state index contributed by atoms with van der Waals surface area (Å²) >= 11 is 0. The van der Waals surface area contributed by atoms with Crippen molar-refractivity contribution in [1.82, 2.24) is 24.6 Å². The molecule has 0 spiro atoms. The first-order chi connectivity index (χ1) is 10.8. The lowest BCUT2D eigenvalue weighted by atomic mass is 9.92. The molecule has 2 aromatic heterocycles. The van der Waals surface area contributed by atoms with Crippen LogP contribution in [0.5, 0.6) is 0 Å². The van der Waals surface area contributed by atoms with E-state index in [9.17, 15) is 0 Å². The van der Waals surface area contributed by atoms with Crippen molar-refractivity contribution in [2.45, 2.75) is 38.0 Å². The van der Waals surface area contributed by atoms with E-state index in [1.54, 1.807) is 12.6 Å². The summed E-state index contributed by atoms with van der Waals surface area (Å²) in [5, 5.41) is 4.25. The molecule has 118 valence electrons. The van der Waals surface area contributed by atoms with Crippen LogP contribution in [-0.2, 0) is 13.1 Å². The standard InChI is InChI=1S/C16H23N5O/c1-19-15(9-21-12-17-11-18-21)6-14-8-20(4-2-16(14)19)7-13-3-5-22-10-13/h3,5,10-12,14-16H,2,4,6-9H2,1H3/t14-,15+,16+/m0/s1. The molecule has 2 saturated heterocycles. The first kappa shape index (κ1) is 14.0. The van der Waals surface area contributed by atoms with Crippen LogP contribution in [0.1, 0.15) is 18.4 Å². The number of nitrogens with zero attached hydrogens (tertiary/aromatic N) is 5. The van der Waals surface area contributed by atoms with Crippen LogP contribution in [0.25, 0.3) is 0 Å². The van der Waals surface area contributed by atoms with Gasteiger partial charge in [0, 0.05) is 30.7 Å². The summed E-state index contributed by atoms with van der Waals surface area (Å²) in [5.41, 5.74) is 1.28. The molecule has 0 unspecified atom stereocenters. The number of likely N-dealkylation sites (N-methyl/N-ethyl adjacent to an activating group) is 1. The van der Waals surface area contributed by atoms with E-state index < -0.39 is 0 Å². The highest BCUT2D eigenvalue weighted by atomic mass is 16.3. The molecular formula is C16H23N5O. The Balaban J connectivity index is 1.38. The topological polar surface area (TPSA) is 50.3 Å². The Hall–Kier alpha value is -1.66. The van der Waals surface area contributed by atoms with Crippen molar-refractivity contribution in [2.24, 2.45) is 5.92 Å². The van der Waals surface area contributed by atoms with E-state index >= 15 is 0 Å². The molecule has 2 aliphatic heterocycles. The molecular weight excluding hydrogens is 278 g/mol. The molecule has 0 saturated carbocycles. The van der Waals surface area contributed by atoms with Gasteiger partial charge in [-0.15, -0.1) is 0 Å². The minimum absolute atomic E-state index is 0.575. The van der Waals surface area contributed by atoms with E-state index in [2.05, 4.69) is 33.0 Å². The highest BCUT2D eigenvalue weighted by Gasteiger charge is 2.41. The van der Waals surface area contributed by atoms with E-state index in [0.717, 1.165) is 19.0 Å². The summed E-state index contributed by atoms with van der Waals surface area (Å²) in [6, 6.07) is 3.36. The largest absolute Gasteiger partial charge is 0.472 e. The Morgan fingerprint density at radius 2 is 2.36 bits per heavy atom. The zero-order chi connectivity index (χ0) is 14.9. The van der Waals surface area contributed by atoms with Crippen LogP contribution in [0.2, 0.25) is 0 Å². The molecule has 0 N–H and O–H groups in total. The molecule has 3 atom stereocenters. The minimum atomic E-state index is 0.575. The highest BCUT2D eigenvalue weighted by molar-refractivity contribution is 5.06. The summed E-state index contributed by atoms with van der Waals surface area (Å²) in [6.45, 7) is 4.32. The fourth-order valence-corrected chi connectivity index (χ4v) is 4.18. The Kier molecular flexibility index (Phi) is 3.72. The second-order valence-corrected chi connectivity index (χ2v) is 6.66. The molecule has 4 rings (SSSR count). The quantitative estimate of drug-likeness (QED) is 0.856. The molecule has 4 heterocycles. The molecule has 2 aromatic rings. The molecule has 2 fully saturated rings. The number of furan rings is 1. The van der Waals surface area contributed by atoms with Crippen LogP contribution in [0.15, 0.2) is 35.7 Å². The normalized spacial score (nSPS) is 29.8. The number of likely N-dealkylation sites (tertiary alicyclic amines) is 2. The molecule has 0 bridgehead atoms. The Bertz CT molecular complexity index is 580. The Morgan fingerprint density at radius 1 is 1.41 bits per heavy atom. The molecule has 0 amide bonds. The maximum atomic E-state index is 5.19. The zero-order valence-corrected chi connectivity index (χ0v) is 13.0. The third kappa shape index (κ3) is 2.68. The van der Waals surface area contributed by atoms with Gasteiger partial charge in [0.2, 0.25) is 0 Å². The predicted octanol–water partition coefficient (Wildman–Crippen LogP) is 1.47. The van der Waals surface area contributed by atoms with Gasteiger partial charge in [0.25, 0.3) is 0 Å². The number of rotatable bonds is 4. The lowest BCUT2D eigenvalue weighted by Gasteiger charge is -2.37. The van der Waals surface area contributed by atoms with Crippen molar-refractivity contribution in [2.75, 3.05) is 20.1 Å². The van der Waals surface area contributed by atoms with Crippen molar-refractivity contribution in [1.29, 1.82) is 0 Å². The molecule has 0 aromatic carbocycles. The van der Waals surface area contributed by atoms with Crippen molar-refractivity contribution in [3.63, 3.8) is 0 Å².